The minimum atomic E-state index is -0.570. The molecule has 0 atom stereocenters. The summed E-state index contributed by atoms with van der Waals surface area (Å²) in [6.07, 6.45) is 0. The number of carbonyl (C=O) groups excluding carboxylic acids is 2. The highest BCUT2D eigenvalue weighted by molar-refractivity contribution is 6.51. The number of nitrogens with zero attached hydrogens (tertiary/aromatic N) is 1. The van der Waals surface area contributed by atoms with Crippen LogP contribution in [-0.4, -0.2) is 17.5 Å². The second kappa shape index (κ2) is 6.43. The zero-order valence-electron chi connectivity index (χ0n) is 10.9. The first-order valence-corrected chi connectivity index (χ1v) is 6.09. The Labute approximate surface area is 116 Å². The lowest BCUT2D eigenvalue weighted by Gasteiger charge is -2.05. The highest BCUT2D eigenvalue weighted by Gasteiger charge is 2.17. The first kappa shape index (κ1) is 13.7. The molecule has 2 aromatic rings. The topological polar surface area (TPSA) is 55.7 Å². The molecular formula is C16H13NO3. The maximum Gasteiger partial charge on any atom is 0.332 e. The molecule has 100 valence electrons. The monoisotopic (exact) mass is 267 g/mol. The van der Waals surface area contributed by atoms with E-state index in [2.05, 4.69) is 9.99 Å². The van der Waals surface area contributed by atoms with Crippen LogP contribution < -0.4 is 0 Å². The number of oxime groups is 1. The Bertz CT molecular complexity index is 633. The maximum atomic E-state index is 12.4. The van der Waals surface area contributed by atoms with Gasteiger partial charge in [0, 0.05) is 18.1 Å². The number of hydrogen-bond donors (Lipinski definition) is 0. The number of benzene rings is 2. The fourth-order valence-corrected chi connectivity index (χ4v) is 1.66. The van der Waals surface area contributed by atoms with E-state index in [1.807, 2.05) is 12.1 Å². The van der Waals surface area contributed by atoms with Crippen LogP contribution in [0.25, 0.3) is 0 Å². The molecule has 0 bridgehead atoms. The largest absolute Gasteiger partial charge is 0.332 e. The van der Waals surface area contributed by atoms with Crippen LogP contribution in [0.15, 0.2) is 65.8 Å². The van der Waals surface area contributed by atoms with Crippen LogP contribution in [0.5, 0.6) is 0 Å². The Morgan fingerprint density at radius 1 is 0.850 bits per heavy atom. The average Bonchev–Trinajstić information content (AvgIpc) is 2.49. The summed E-state index contributed by atoms with van der Waals surface area (Å²) in [6, 6.07) is 17.6. The van der Waals surface area contributed by atoms with Gasteiger partial charge in [0.25, 0.3) is 0 Å². The Morgan fingerprint density at radius 2 is 1.35 bits per heavy atom. The zero-order chi connectivity index (χ0) is 14.4. The summed E-state index contributed by atoms with van der Waals surface area (Å²) < 4.78 is 0. The molecule has 0 aliphatic rings. The number of rotatable bonds is 4. The fourth-order valence-electron chi connectivity index (χ4n) is 1.66. The molecule has 0 N–H and O–H groups in total. The van der Waals surface area contributed by atoms with Gasteiger partial charge < -0.3 is 4.84 Å². The molecule has 0 saturated heterocycles. The third kappa shape index (κ3) is 3.38. The van der Waals surface area contributed by atoms with E-state index in [0.29, 0.717) is 11.1 Å². The summed E-state index contributed by atoms with van der Waals surface area (Å²) in [5, 5.41) is 3.69. The Hall–Kier alpha value is -2.75. The van der Waals surface area contributed by atoms with E-state index in [9.17, 15) is 9.59 Å². The Morgan fingerprint density at radius 3 is 1.85 bits per heavy atom. The summed E-state index contributed by atoms with van der Waals surface area (Å²) in [7, 11) is 0. The molecule has 0 aliphatic carbocycles. The van der Waals surface area contributed by atoms with Crippen LogP contribution in [0, 0.1) is 0 Å². The van der Waals surface area contributed by atoms with E-state index in [-0.39, 0.29) is 11.5 Å². The normalized spacial score (nSPS) is 10.9. The third-order valence-corrected chi connectivity index (χ3v) is 2.56. The fraction of sp³-hybridized carbons (Fsp3) is 0.0625. The van der Waals surface area contributed by atoms with Crippen LogP contribution in [0.3, 0.4) is 0 Å². The van der Waals surface area contributed by atoms with Gasteiger partial charge in [0.05, 0.1) is 0 Å². The number of hydrogen-bond acceptors (Lipinski definition) is 4. The lowest BCUT2D eigenvalue weighted by molar-refractivity contribution is -0.140. The lowest BCUT2D eigenvalue weighted by Crippen LogP contribution is -2.17. The van der Waals surface area contributed by atoms with Gasteiger partial charge in [0.15, 0.2) is 5.71 Å². The van der Waals surface area contributed by atoms with E-state index < -0.39 is 5.97 Å². The van der Waals surface area contributed by atoms with Gasteiger partial charge in [-0.3, -0.25) is 4.79 Å². The SMILES string of the molecule is CC(=O)O/N=C(/C(=O)c1ccccc1)c1ccccc1. The van der Waals surface area contributed by atoms with Crippen molar-refractivity contribution >= 4 is 17.5 Å². The smallest absolute Gasteiger partial charge is 0.318 e. The van der Waals surface area contributed by atoms with Crippen LogP contribution in [0.4, 0.5) is 0 Å². The second-order valence-electron chi connectivity index (χ2n) is 4.08. The van der Waals surface area contributed by atoms with E-state index >= 15 is 0 Å². The second-order valence-corrected chi connectivity index (χ2v) is 4.08. The van der Waals surface area contributed by atoms with Gasteiger partial charge in [-0.2, -0.15) is 0 Å². The average molecular weight is 267 g/mol. The van der Waals surface area contributed by atoms with Crippen molar-refractivity contribution in [1.82, 2.24) is 0 Å². The Kier molecular flexibility index (Phi) is 4.39. The van der Waals surface area contributed by atoms with Crippen molar-refractivity contribution in [3.8, 4) is 0 Å². The van der Waals surface area contributed by atoms with Crippen LogP contribution in [-0.2, 0) is 9.63 Å². The summed E-state index contributed by atoms with van der Waals surface area (Å²) in [4.78, 5) is 28.0. The maximum absolute atomic E-state index is 12.4. The van der Waals surface area contributed by atoms with Gasteiger partial charge in [-0.05, 0) is 0 Å². The summed E-state index contributed by atoms with van der Waals surface area (Å²) >= 11 is 0. The van der Waals surface area contributed by atoms with Gasteiger partial charge in [-0.1, -0.05) is 65.8 Å². The van der Waals surface area contributed by atoms with Crippen molar-refractivity contribution < 1.29 is 14.4 Å². The van der Waals surface area contributed by atoms with Crippen molar-refractivity contribution in [2.24, 2.45) is 5.16 Å². The van der Waals surface area contributed by atoms with Gasteiger partial charge in [-0.25, -0.2) is 4.79 Å². The predicted molar refractivity (Wildman–Crippen MR) is 75.5 cm³/mol. The van der Waals surface area contributed by atoms with E-state index in [4.69, 9.17) is 0 Å². The van der Waals surface area contributed by atoms with Crippen LogP contribution >= 0.6 is 0 Å². The summed E-state index contributed by atoms with van der Waals surface area (Å²) in [6.45, 7) is 1.24. The summed E-state index contributed by atoms with van der Waals surface area (Å²) in [5.74, 6) is -0.864. The molecule has 4 nitrogen and oxygen atoms in total. The molecule has 2 aromatic carbocycles. The number of Topliss-reactive ketones (excluding diaryl/α,β-unsaturated/α-hetero) is 1. The highest BCUT2D eigenvalue weighted by Crippen LogP contribution is 2.09. The van der Waals surface area contributed by atoms with Gasteiger partial charge in [-0.15, -0.1) is 0 Å². The van der Waals surface area contributed by atoms with Crippen LogP contribution in [0.2, 0.25) is 0 Å². The highest BCUT2D eigenvalue weighted by atomic mass is 16.7. The predicted octanol–water partition coefficient (Wildman–Crippen LogP) is 2.84. The van der Waals surface area contributed by atoms with Crippen molar-refractivity contribution in [2.75, 3.05) is 0 Å². The molecular weight excluding hydrogens is 254 g/mol. The zero-order valence-corrected chi connectivity index (χ0v) is 10.9. The van der Waals surface area contributed by atoms with Crippen molar-refractivity contribution in [1.29, 1.82) is 0 Å². The van der Waals surface area contributed by atoms with E-state index in [1.165, 1.54) is 6.92 Å². The van der Waals surface area contributed by atoms with Crippen molar-refractivity contribution in [3.05, 3.63) is 71.8 Å². The molecule has 20 heavy (non-hydrogen) atoms. The minimum Gasteiger partial charge on any atom is -0.318 e. The molecule has 0 unspecified atom stereocenters. The quantitative estimate of drug-likeness (QED) is 0.370. The number of carbonyl (C=O) groups is 2. The van der Waals surface area contributed by atoms with E-state index in [1.54, 1.807) is 48.5 Å². The first-order chi connectivity index (χ1) is 9.68. The van der Waals surface area contributed by atoms with E-state index in [0.717, 1.165) is 0 Å². The molecule has 0 radical (unpaired) electrons. The Balaban J connectivity index is 2.40. The standard InChI is InChI=1S/C16H13NO3/c1-12(18)20-17-15(13-8-4-2-5-9-13)16(19)14-10-6-3-7-11-14/h2-11H,1H3/b17-15+. The molecule has 0 spiro atoms. The molecule has 0 heterocycles. The van der Waals surface area contributed by atoms with Gasteiger partial charge >= 0.3 is 5.97 Å². The van der Waals surface area contributed by atoms with Gasteiger partial charge in [0.1, 0.15) is 0 Å². The molecule has 0 amide bonds. The third-order valence-electron chi connectivity index (χ3n) is 2.56. The molecule has 2 rings (SSSR count). The first-order valence-electron chi connectivity index (χ1n) is 6.09. The van der Waals surface area contributed by atoms with Crippen molar-refractivity contribution in [2.45, 2.75) is 6.92 Å². The molecule has 0 fully saturated rings. The minimum absolute atomic E-state index is 0.104. The lowest BCUT2D eigenvalue weighted by atomic mass is 10.0. The molecule has 0 aliphatic heterocycles. The van der Waals surface area contributed by atoms with Gasteiger partial charge in [0.2, 0.25) is 5.78 Å². The summed E-state index contributed by atoms with van der Waals surface area (Å²) in [5.41, 5.74) is 1.19. The molecule has 4 heteroatoms. The molecule has 0 saturated carbocycles. The van der Waals surface area contributed by atoms with Crippen molar-refractivity contribution in [3.63, 3.8) is 0 Å². The number of ketones is 1. The van der Waals surface area contributed by atoms with Crippen LogP contribution in [0.1, 0.15) is 22.8 Å². The molecule has 0 aromatic heterocycles.